The summed E-state index contributed by atoms with van der Waals surface area (Å²) in [6.07, 6.45) is 14.8. The van der Waals surface area contributed by atoms with Gasteiger partial charge >= 0.3 is 7.82 Å². The van der Waals surface area contributed by atoms with Gasteiger partial charge in [-0.15, -0.1) is 0 Å². The van der Waals surface area contributed by atoms with Crippen molar-refractivity contribution in [1.29, 1.82) is 0 Å². The van der Waals surface area contributed by atoms with Crippen molar-refractivity contribution in [1.82, 2.24) is 0 Å². The zero-order chi connectivity index (χ0) is 26.1. The van der Waals surface area contributed by atoms with E-state index in [4.69, 9.17) is 12.6 Å². The molecule has 3 rings (SSSR count). The molecule has 0 spiro atoms. The summed E-state index contributed by atoms with van der Waals surface area (Å²) in [6.45, 7) is 20.8. The van der Waals surface area contributed by atoms with Crippen LogP contribution >= 0.6 is 7.82 Å². The Morgan fingerprint density at radius 3 is 0.857 bits per heavy atom. The van der Waals surface area contributed by atoms with E-state index in [9.17, 15) is 4.57 Å². The van der Waals surface area contributed by atoms with E-state index in [1.807, 2.05) is 0 Å². The van der Waals surface area contributed by atoms with E-state index in [2.05, 4.69) is 60.1 Å². The quantitative estimate of drug-likeness (QED) is 0.208. The van der Waals surface area contributed by atoms with Crippen LogP contribution < -0.4 is 0 Å². The van der Waals surface area contributed by atoms with Gasteiger partial charge in [0.05, 0.1) is 0 Å². The normalized spacial score (nSPS) is 35.5. The van der Waals surface area contributed by atoms with Gasteiger partial charge in [0.25, 0.3) is 0 Å². The Labute approximate surface area is 221 Å². The predicted molar refractivity (Wildman–Crippen MR) is 157 cm³/mol. The third-order valence-electron chi connectivity index (χ3n) is 10.0. The maximum absolute atomic E-state index is 14.8. The molecule has 3 saturated carbocycles. The molecule has 0 aromatic heterocycles. The maximum atomic E-state index is 14.8. The average molecular weight is 561 g/mol. The lowest BCUT2D eigenvalue weighted by atomic mass is 9.90. The molecule has 0 aromatic carbocycles. The highest BCUT2D eigenvalue weighted by atomic mass is 31.2. The molecule has 0 aromatic rings. The van der Waals surface area contributed by atoms with Gasteiger partial charge in [0.1, 0.15) is 0 Å². The van der Waals surface area contributed by atoms with Crippen molar-refractivity contribution >= 4 is 32.8 Å². The van der Waals surface area contributed by atoms with Gasteiger partial charge in [-0.3, -0.25) is 0 Å². The summed E-state index contributed by atoms with van der Waals surface area (Å²) in [5.74, 6) is 2.40. The minimum Gasteiger partial charge on any atom is -0.331 e. The van der Waals surface area contributed by atoms with Crippen LogP contribution in [0.2, 0.25) is 55.9 Å². The minimum atomic E-state index is -3.64. The topological polar surface area (TPSA) is 44.8 Å². The number of hydrogen-bond donors (Lipinski definition) is 0. The van der Waals surface area contributed by atoms with Crippen molar-refractivity contribution in [3.63, 3.8) is 0 Å². The van der Waals surface area contributed by atoms with Crippen LogP contribution in [0.1, 0.15) is 97.8 Å². The molecule has 0 saturated heterocycles. The lowest BCUT2D eigenvalue weighted by Crippen LogP contribution is -2.45. The van der Waals surface area contributed by atoms with Crippen LogP contribution in [0.4, 0.5) is 0 Å². The van der Waals surface area contributed by atoms with Gasteiger partial charge in [-0.05, 0) is 73.7 Å². The Morgan fingerprint density at radius 2 is 0.657 bits per heavy atom. The summed E-state index contributed by atoms with van der Waals surface area (Å²) in [4.78, 5) is 0. The predicted octanol–water partition coefficient (Wildman–Crippen LogP) is 10.5. The summed E-state index contributed by atoms with van der Waals surface area (Å²) < 4.78 is 35.3. The van der Waals surface area contributed by atoms with Crippen LogP contribution in [0.15, 0.2) is 0 Å². The monoisotopic (exact) mass is 560 g/mol. The number of rotatable bonds is 9. The molecule has 0 aliphatic heterocycles. The van der Waals surface area contributed by atoms with Gasteiger partial charge in [-0.25, -0.2) is 4.57 Å². The highest BCUT2D eigenvalue weighted by molar-refractivity contribution is 7.53. The largest absolute Gasteiger partial charge is 0.445 e. The SMILES string of the molecule is CC1CCC([Si](C)(C)OP(=O)(O[Si](C)(C)C2CCC(C)CC2)O[Si](C)(C)C2CCC(C)CC2)CC1. The van der Waals surface area contributed by atoms with Gasteiger partial charge < -0.3 is 12.6 Å². The first kappa shape index (κ1) is 30.3. The summed E-state index contributed by atoms with van der Waals surface area (Å²) in [5.41, 5.74) is 1.62. The molecule has 3 fully saturated rings. The molecule has 206 valence electrons. The van der Waals surface area contributed by atoms with Crippen LogP contribution in [0.3, 0.4) is 0 Å². The summed E-state index contributed by atoms with van der Waals surface area (Å²) in [5, 5.41) is 0. The minimum absolute atomic E-state index is 0.542. The summed E-state index contributed by atoms with van der Waals surface area (Å²) in [6, 6.07) is 0. The molecule has 0 heterocycles. The van der Waals surface area contributed by atoms with Gasteiger partial charge in [0.2, 0.25) is 25.0 Å². The first-order chi connectivity index (χ1) is 16.1. The lowest BCUT2D eigenvalue weighted by Gasteiger charge is -2.45. The van der Waals surface area contributed by atoms with E-state index in [0.717, 1.165) is 17.8 Å². The molecule has 3 aliphatic carbocycles. The third kappa shape index (κ3) is 8.37. The van der Waals surface area contributed by atoms with Crippen molar-refractivity contribution in [3.05, 3.63) is 0 Å². The molecule has 4 nitrogen and oxygen atoms in total. The van der Waals surface area contributed by atoms with E-state index < -0.39 is 32.8 Å². The Balaban J connectivity index is 1.81. The molecule has 0 unspecified atom stereocenters. The fourth-order valence-electron chi connectivity index (χ4n) is 7.01. The molecule has 35 heavy (non-hydrogen) atoms. The zero-order valence-corrected chi connectivity index (χ0v) is 28.4. The van der Waals surface area contributed by atoms with Crippen molar-refractivity contribution in [3.8, 4) is 0 Å². The summed E-state index contributed by atoms with van der Waals surface area (Å²) >= 11 is 0. The second-order valence-electron chi connectivity index (χ2n) is 14.4. The van der Waals surface area contributed by atoms with Crippen LogP contribution in [-0.2, 0) is 17.2 Å². The van der Waals surface area contributed by atoms with Crippen molar-refractivity contribution in [2.75, 3.05) is 0 Å². The van der Waals surface area contributed by atoms with Crippen LogP contribution in [-0.4, -0.2) is 25.0 Å². The average Bonchev–Trinajstić information content (AvgIpc) is 2.73. The lowest BCUT2D eigenvalue weighted by molar-refractivity contribution is 0.263. The molecule has 0 atom stereocenters. The van der Waals surface area contributed by atoms with Crippen molar-refractivity contribution in [2.24, 2.45) is 17.8 Å². The Hall–Kier alpha value is 0.761. The van der Waals surface area contributed by atoms with Gasteiger partial charge in [0.15, 0.2) is 0 Å². The van der Waals surface area contributed by atoms with Gasteiger partial charge in [-0.1, -0.05) is 97.8 Å². The highest BCUT2D eigenvalue weighted by Crippen LogP contribution is 2.62. The van der Waals surface area contributed by atoms with Crippen LogP contribution in [0, 0.1) is 17.8 Å². The molecule has 8 heteroatoms. The van der Waals surface area contributed by atoms with Crippen molar-refractivity contribution in [2.45, 2.75) is 154 Å². The highest BCUT2D eigenvalue weighted by Gasteiger charge is 2.51. The standard InChI is InChI=1S/C27H57O4PSi3/c1-22-10-16-25(17-11-22)33(4,5)29-32(28,30-34(6,7)26-18-12-23(2)13-19-26)31-35(8,9)27-20-14-24(3)15-21-27/h22-27H,10-21H2,1-9H3. The fourth-order valence-corrected chi connectivity index (χ4v) is 22.3. The van der Waals surface area contributed by atoms with E-state index in [-0.39, 0.29) is 0 Å². The molecular weight excluding hydrogens is 504 g/mol. The van der Waals surface area contributed by atoms with Gasteiger partial charge in [0, 0.05) is 0 Å². The third-order valence-corrected chi connectivity index (χ3v) is 26.0. The van der Waals surface area contributed by atoms with Crippen LogP contribution in [0.5, 0.6) is 0 Å². The molecule has 0 bridgehead atoms. The van der Waals surface area contributed by atoms with E-state index in [1.54, 1.807) is 0 Å². The Morgan fingerprint density at radius 1 is 0.457 bits per heavy atom. The Kier molecular flexibility index (Phi) is 10.3. The Bertz CT molecular complexity index is 625. The smallest absolute Gasteiger partial charge is 0.331 e. The van der Waals surface area contributed by atoms with E-state index >= 15 is 0 Å². The second kappa shape index (κ2) is 11.9. The fraction of sp³-hybridized carbons (Fsp3) is 1.00. The van der Waals surface area contributed by atoms with E-state index in [0.29, 0.717) is 16.6 Å². The molecule has 0 radical (unpaired) electrons. The second-order valence-corrected chi connectivity index (χ2v) is 29.6. The van der Waals surface area contributed by atoms with Gasteiger partial charge in [-0.2, -0.15) is 0 Å². The van der Waals surface area contributed by atoms with Crippen molar-refractivity contribution < 1.29 is 17.2 Å². The number of phosphoric acid groups is 1. The molecule has 0 amide bonds. The van der Waals surface area contributed by atoms with Crippen LogP contribution in [0.25, 0.3) is 0 Å². The summed E-state index contributed by atoms with van der Waals surface area (Å²) in [7, 11) is -10.4. The zero-order valence-electron chi connectivity index (χ0n) is 24.5. The first-order valence-corrected chi connectivity index (χ1v) is 25.3. The first-order valence-electron chi connectivity index (χ1n) is 14.8. The maximum Gasteiger partial charge on any atom is 0.445 e. The van der Waals surface area contributed by atoms with E-state index in [1.165, 1.54) is 77.0 Å². The molecule has 0 N–H and O–H groups in total. The molecular formula is C27H57O4PSi3. The molecule has 3 aliphatic rings. The number of hydrogen-bond acceptors (Lipinski definition) is 4.